The molecule has 12 heteroatoms. The monoisotopic (exact) mass is 597 g/mol. The minimum absolute atomic E-state index is 0.00715. The number of hydrogen-bond acceptors (Lipinski definition) is 12. The Bertz CT molecular complexity index is 1040. The fourth-order valence-corrected chi connectivity index (χ4v) is 3.13. The lowest BCUT2D eigenvalue weighted by molar-refractivity contribution is -0.148. The second-order valence-electron chi connectivity index (χ2n) is 12.5. The molecule has 0 aromatic heterocycles. The number of carbonyl (C=O) groups is 4. The molecular formula is C30H47NO11. The summed E-state index contributed by atoms with van der Waals surface area (Å²) in [5.74, 6) is -0.957. The van der Waals surface area contributed by atoms with Crippen molar-refractivity contribution in [3.05, 3.63) is 23.8 Å². The van der Waals surface area contributed by atoms with Gasteiger partial charge >= 0.3 is 24.4 Å². The summed E-state index contributed by atoms with van der Waals surface area (Å²) in [4.78, 5) is 48.9. The molecule has 42 heavy (non-hydrogen) atoms. The zero-order chi connectivity index (χ0) is 32.1. The summed E-state index contributed by atoms with van der Waals surface area (Å²) in [6.45, 7) is 16.6. The lowest BCUT2D eigenvalue weighted by atomic mass is 9.99. The first-order valence-electron chi connectivity index (χ1n) is 14.0. The van der Waals surface area contributed by atoms with E-state index in [1.807, 2.05) is 48.5 Å². The maximum absolute atomic E-state index is 12.5. The van der Waals surface area contributed by atoms with E-state index in [0.29, 0.717) is 12.0 Å². The smallest absolute Gasteiger partial charge is 0.461 e. The van der Waals surface area contributed by atoms with E-state index in [4.69, 9.17) is 38.9 Å². The van der Waals surface area contributed by atoms with Crippen molar-refractivity contribution in [2.24, 2.45) is 16.6 Å². The number of benzene rings is 1. The van der Waals surface area contributed by atoms with Gasteiger partial charge in [0.25, 0.3) is 0 Å². The van der Waals surface area contributed by atoms with E-state index in [0.717, 1.165) is 6.42 Å². The summed E-state index contributed by atoms with van der Waals surface area (Å²) >= 11 is 0. The molecule has 0 spiro atoms. The van der Waals surface area contributed by atoms with Crippen LogP contribution in [0.2, 0.25) is 0 Å². The first kappa shape index (κ1) is 36.5. The Morgan fingerprint density at radius 3 is 1.81 bits per heavy atom. The van der Waals surface area contributed by atoms with Crippen molar-refractivity contribution in [1.29, 1.82) is 0 Å². The van der Waals surface area contributed by atoms with E-state index in [-0.39, 0.29) is 54.7 Å². The Labute approximate surface area is 248 Å². The van der Waals surface area contributed by atoms with Gasteiger partial charge in [0, 0.05) is 0 Å². The molecule has 0 fully saturated rings. The highest BCUT2D eigenvalue weighted by Gasteiger charge is 2.23. The minimum atomic E-state index is -1.10. The van der Waals surface area contributed by atoms with Crippen LogP contribution in [0, 0.1) is 10.8 Å². The molecule has 12 nitrogen and oxygen atoms in total. The standard InChI is InChI=1S/C30H47NO11/c1-10-11-19(2)39-28(35)40-20(3)16-36-25(32)22(31)14-21-12-13-23(41-26(33)37-17-29(4,5)6)24(15-21)42-27(34)38-18-30(7,8)9/h12-13,15,19-20,22H,10-11,14,16-18,31H2,1-9H3/t19?,20-,22-/m0/s1. The van der Waals surface area contributed by atoms with Crippen LogP contribution in [0.15, 0.2) is 18.2 Å². The lowest BCUT2D eigenvalue weighted by Gasteiger charge is -2.19. The van der Waals surface area contributed by atoms with Crippen LogP contribution in [-0.4, -0.2) is 62.5 Å². The Morgan fingerprint density at radius 2 is 1.29 bits per heavy atom. The van der Waals surface area contributed by atoms with E-state index < -0.39 is 36.6 Å². The Hall–Kier alpha value is -3.54. The van der Waals surface area contributed by atoms with Crippen LogP contribution in [0.5, 0.6) is 11.5 Å². The van der Waals surface area contributed by atoms with Gasteiger partial charge in [0.1, 0.15) is 24.9 Å². The fourth-order valence-electron chi connectivity index (χ4n) is 3.13. The predicted octanol–water partition coefficient (Wildman–Crippen LogP) is 5.95. The molecule has 0 bridgehead atoms. The van der Waals surface area contributed by atoms with E-state index in [1.54, 1.807) is 19.9 Å². The zero-order valence-corrected chi connectivity index (χ0v) is 26.3. The largest absolute Gasteiger partial charge is 0.513 e. The average Bonchev–Trinajstić information content (AvgIpc) is 2.85. The third-order valence-corrected chi connectivity index (χ3v) is 5.15. The van der Waals surface area contributed by atoms with Gasteiger partial charge in [0.05, 0.1) is 13.2 Å². The van der Waals surface area contributed by atoms with Gasteiger partial charge in [0.15, 0.2) is 11.5 Å². The van der Waals surface area contributed by atoms with Gasteiger partial charge in [-0.3, -0.25) is 4.79 Å². The number of rotatable bonds is 13. The average molecular weight is 598 g/mol. The van der Waals surface area contributed by atoms with Gasteiger partial charge in [-0.25, -0.2) is 14.4 Å². The van der Waals surface area contributed by atoms with Crippen LogP contribution < -0.4 is 15.2 Å². The Balaban J connectivity index is 2.86. The van der Waals surface area contributed by atoms with Gasteiger partial charge in [-0.15, -0.1) is 0 Å². The molecule has 0 saturated carbocycles. The number of ether oxygens (including phenoxy) is 7. The topological polar surface area (TPSA) is 159 Å². The first-order valence-corrected chi connectivity index (χ1v) is 14.0. The molecular weight excluding hydrogens is 550 g/mol. The third-order valence-electron chi connectivity index (χ3n) is 5.15. The summed E-state index contributed by atoms with van der Waals surface area (Å²) in [5.41, 5.74) is 5.92. The van der Waals surface area contributed by atoms with Crippen molar-refractivity contribution < 1.29 is 52.3 Å². The van der Waals surface area contributed by atoms with Crippen LogP contribution >= 0.6 is 0 Å². The number of esters is 1. The molecule has 3 atom stereocenters. The summed E-state index contributed by atoms with van der Waals surface area (Å²) in [7, 11) is 0. The lowest BCUT2D eigenvalue weighted by Crippen LogP contribution is -2.36. The summed E-state index contributed by atoms with van der Waals surface area (Å²) in [5, 5.41) is 0. The maximum atomic E-state index is 12.5. The van der Waals surface area contributed by atoms with Gasteiger partial charge in [-0.1, -0.05) is 61.0 Å². The molecule has 1 unspecified atom stereocenters. The van der Waals surface area contributed by atoms with Crippen molar-refractivity contribution in [1.82, 2.24) is 0 Å². The Kier molecular flexibility index (Phi) is 14.6. The predicted molar refractivity (Wildman–Crippen MR) is 153 cm³/mol. The van der Waals surface area contributed by atoms with Crippen molar-refractivity contribution >= 4 is 24.4 Å². The van der Waals surface area contributed by atoms with Gasteiger partial charge in [-0.2, -0.15) is 0 Å². The molecule has 0 amide bonds. The highest BCUT2D eigenvalue weighted by atomic mass is 16.8. The SMILES string of the molecule is CCCC(C)OC(=O)O[C@@H](C)COC(=O)[C@@H](N)Cc1ccc(OC(=O)OCC(C)(C)C)c(OC(=O)OCC(C)(C)C)c1. The molecule has 0 heterocycles. The van der Waals surface area contributed by atoms with E-state index in [1.165, 1.54) is 12.1 Å². The highest BCUT2D eigenvalue weighted by molar-refractivity contribution is 5.76. The number of hydrogen-bond donors (Lipinski definition) is 1. The van der Waals surface area contributed by atoms with Gasteiger partial charge < -0.3 is 38.9 Å². The normalized spacial score (nSPS) is 13.7. The van der Waals surface area contributed by atoms with E-state index >= 15 is 0 Å². The van der Waals surface area contributed by atoms with Crippen molar-refractivity contribution in [3.63, 3.8) is 0 Å². The van der Waals surface area contributed by atoms with Crippen molar-refractivity contribution in [2.45, 2.75) is 99.8 Å². The van der Waals surface area contributed by atoms with E-state index in [2.05, 4.69) is 0 Å². The van der Waals surface area contributed by atoms with Crippen LogP contribution in [0.25, 0.3) is 0 Å². The van der Waals surface area contributed by atoms with Crippen LogP contribution in [0.3, 0.4) is 0 Å². The molecule has 0 saturated heterocycles. The summed E-state index contributed by atoms with van der Waals surface area (Å²) < 4.78 is 36.3. The van der Waals surface area contributed by atoms with Crippen LogP contribution in [-0.2, 0) is 34.9 Å². The van der Waals surface area contributed by atoms with Gasteiger partial charge in [0.2, 0.25) is 0 Å². The molecule has 0 aliphatic rings. The molecule has 0 aliphatic heterocycles. The first-order chi connectivity index (χ1) is 19.4. The maximum Gasteiger partial charge on any atom is 0.513 e. The van der Waals surface area contributed by atoms with Gasteiger partial charge in [-0.05, 0) is 55.2 Å². The van der Waals surface area contributed by atoms with Crippen LogP contribution in [0.1, 0.15) is 80.7 Å². The summed E-state index contributed by atoms with van der Waals surface area (Å²) in [6.07, 6.45) is -2.32. The molecule has 0 radical (unpaired) electrons. The zero-order valence-electron chi connectivity index (χ0n) is 26.3. The minimum Gasteiger partial charge on any atom is -0.461 e. The molecule has 1 aromatic carbocycles. The molecule has 1 aromatic rings. The molecule has 238 valence electrons. The molecule has 0 aliphatic carbocycles. The second-order valence-corrected chi connectivity index (χ2v) is 12.5. The highest BCUT2D eigenvalue weighted by Crippen LogP contribution is 2.30. The summed E-state index contributed by atoms with van der Waals surface area (Å²) in [6, 6.07) is 3.24. The molecule has 1 rings (SSSR count). The van der Waals surface area contributed by atoms with Crippen molar-refractivity contribution in [2.75, 3.05) is 19.8 Å². The Morgan fingerprint density at radius 1 is 0.762 bits per heavy atom. The number of carbonyl (C=O) groups excluding carboxylic acids is 4. The third kappa shape index (κ3) is 16.0. The quantitative estimate of drug-likeness (QED) is 0.162. The van der Waals surface area contributed by atoms with E-state index in [9.17, 15) is 19.2 Å². The van der Waals surface area contributed by atoms with Crippen LogP contribution in [0.4, 0.5) is 14.4 Å². The second kappa shape index (κ2) is 16.8. The number of nitrogens with two attached hydrogens (primary N) is 1. The fraction of sp³-hybridized carbons (Fsp3) is 0.667. The molecule has 2 N–H and O–H groups in total. The van der Waals surface area contributed by atoms with Crippen molar-refractivity contribution in [3.8, 4) is 11.5 Å².